The van der Waals surface area contributed by atoms with Crippen LogP contribution in [0.15, 0.2) is 34.6 Å². The largest absolute Gasteiger partial charge is 0.548 e. The van der Waals surface area contributed by atoms with E-state index in [4.69, 9.17) is 5.73 Å². The predicted molar refractivity (Wildman–Crippen MR) is 57.1 cm³/mol. The monoisotopic (exact) mass is 235 g/mol. The number of likely N-dealkylation sites (N-methyl/N-ethyl adjacent to an activating group) is 1. The summed E-state index contributed by atoms with van der Waals surface area (Å²) in [6.45, 7) is -0.362. The molecule has 0 radical (unpaired) electrons. The van der Waals surface area contributed by atoms with Crippen molar-refractivity contribution in [3.8, 4) is 0 Å². The molecule has 0 fully saturated rings. The number of benzene rings is 1. The molecule has 0 aliphatic carbocycles. The van der Waals surface area contributed by atoms with Crippen LogP contribution in [0.3, 0.4) is 0 Å². The highest BCUT2D eigenvalue weighted by molar-refractivity contribution is 5.93. The van der Waals surface area contributed by atoms with Gasteiger partial charge in [0.25, 0.3) is 0 Å². The minimum absolute atomic E-state index is 0.309. The number of carboxylic acids is 1. The number of aliphatic carboxylic acids is 1. The van der Waals surface area contributed by atoms with Crippen molar-refractivity contribution in [3.63, 3.8) is 0 Å². The van der Waals surface area contributed by atoms with Crippen LogP contribution in [0.2, 0.25) is 0 Å². The fraction of sp³-hybridized carbons (Fsp3) is 0.200. The molecule has 0 spiro atoms. The number of carboxylic acid groups (broad SMARTS) is 1. The summed E-state index contributed by atoms with van der Waals surface area (Å²) in [4.78, 5) is 21.1. The summed E-state index contributed by atoms with van der Waals surface area (Å²) in [5, 5.41) is 18.7. The molecule has 1 amide bonds. The van der Waals surface area contributed by atoms with Crippen molar-refractivity contribution in [2.24, 2.45) is 16.1 Å². The van der Waals surface area contributed by atoms with Crippen LogP contribution in [0, 0.1) is 0 Å². The van der Waals surface area contributed by atoms with Crippen LogP contribution in [-0.2, 0) is 4.79 Å². The quantitative estimate of drug-likeness (QED) is 0.545. The van der Waals surface area contributed by atoms with Gasteiger partial charge in [-0.1, -0.05) is 11.3 Å². The van der Waals surface area contributed by atoms with Crippen molar-refractivity contribution < 1.29 is 14.7 Å². The average Bonchev–Trinajstić information content (AvgIpc) is 2.26. The predicted octanol–water partition coefficient (Wildman–Crippen LogP) is -0.534. The minimum Gasteiger partial charge on any atom is -0.548 e. The Morgan fingerprint density at radius 1 is 1.47 bits per heavy atom. The molecule has 0 aliphatic heterocycles. The summed E-state index contributed by atoms with van der Waals surface area (Å²) < 4.78 is 0. The average molecular weight is 235 g/mol. The van der Waals surface area contributed by atoms with Gasteiger partial charge in [-0.25, -0.2) is 0 Å². The van der Waals surface area contributed by atoms with Gasteiger partial charge in [0.15, 0.2) is 0 Å². The van der Waals surface area contributed by atoms with E-state index in [1.165, 1.54) is 13.1 Å². The van der Waals surface area contributed by atoms with E-state index in [0.29, 0.717) is 11.3 Å². The smallest absolute Gasteiger partial charge is 0.248 e. The maximum atomic E-state index is 10.9. The maximum Gasteiger partial charge on any atom is 0.248 e. The van der Waals surface area contributed by atoms with Crippen LogP contribution < -0.4 is 10.8 Å². The van der Waals surface area contributed by atoms with Gasteiger partial charge in [-0.2, -0.15) is 0 Å². The first kappa shape index (κ1) is 12.6. The van der Waals surface area contributed by atoms with Crippen LogP contribution in [-0.4, -0.2) is 30.5 Å². The molecule has 0 aromatic heterocycles. The minimum atomic E-state index is -1.25. The second-order valence-corrected chi connectivity index (χ2v) is 3.29. The van der Waals surface area contributed by atoms with E-state index in [1.807, 2.05) is 0 Å². The SMILES string of the molecule is CN(CC(=O)[O-])N=Nc1cccc(C(N)=O)c1. The molecule has 0 atom stereocenters. The molecular weight excluding hydrogens is 224 g/mol. The lowest BCUT2D eigenvalue weighted by atomic mass is 10.2. The molecule has 1 aromatic carbocycles. The zero-order valence-corrected chi connectivity index (χ0v) is 9.16. The Bertz CT molecular complexity index is 459. The van der Waals surface area contributed by atoms with Crippen molar-refractivity contribution in [1.82, 2.24) is 5.01 Å². The van der Waals surface area contributed by atoms with Gasteiger partial charge in [0.2, 0.25) is 5.91 Å². The second kappa shape index (κ2) is 5.59. The number of hydrogen-bond donors (Lipinski definition) is 1. The van der Waals surface area contributed by atoms with Gasteiger partial charge in [0.1, 0.15) is 0 Å². The molecule has 0 saturated carbocycles. The van der Waals surface area contributed by atoms with Gasteiger partial charge in [-0.3, -0.25) is 9.80 Å². The number of rotatable bonds is 5. The molecule has 2 N–H and O–H groups in total. The van der Waals surface area contributed by atoms with E-state index in [-0.39, 0.29) is 6.54 Å². The lowest BCUT2D eigenvalue weighted by molar-refractivity contribution is -0.306. The molecule has 0 heterocycles. The Kier molecular flexibility index (Phi) is 4.15. The number of nitrogens with zero attached hydrogens (tertiary/aromatic N) is 3. The van der Waals surface area contributed by atoms with Crippen LogP contribution in [0.1, 0.15) is 10.4 Å². The summed E-state index contributed by atoms with van der Waals surface area (Å²) in [6.07, 6.45) is 0. The highest BCUT2D eigenvalue weighted by Gasteiger charge is 2.00. The van der Waals surface area contributed by atoms with Gasteiger partial charge in [0, 0.05) is 12.6 Å². The van der Waals surface area contributed by atoms with E-state index in [1.54, 1.807) is 18.2 Å². The molecule has 90 valence electrons. The van der Waals surface area contributed by atoms with Gasteiger partial charge in [0.05, 0.1) is 18.2 Å². The third kappa shape index (κ3) is 4.29. The van der Waals surface area contributed by atoms with Crippen molar-refractivity contribution >= 4 is 17.6 Å². The highest BCUT2D eigenvalue weighted by Crippen LogP contribution is 2.14. The molecule has 7 heteroatoms. The number of hydrogen-bond acceptors (Lipinski definition) is 5. The maximum absolute atomic E-state index is 10.9. The van der Waals surface area contributed by atoms with Crippen LogP contribution in [0.5, 0.6) is 0 Å². The highest BCUT2D eigenvalue weighted by atomic mass is 16.4. The Hall–Kier alpha value is -2.44. The molecule has 0 aliphatic rings. The molecule has 1 rings (SSSR count). The van der Waals surface area contributed by atoms with Gasteiger partial charge >= 0.3 is 0 Å². The fourth-order valence-electron chi connectivity index (χ4n) is 1.07. The Balaban J connectivity index is 2.74. The van der Waals surface area contributed by atoms with Crippen molar-refractivity contribution in [3.05, 3.63) is 29.8 Å². The summed E-state index contributed by atoms with van der Waals surface area (Å²) >= 11 is 0. The number of amides is 1. The zero-order valence-electron chi connectivity index (χ0n) is 9.16. The van der Waals surface area contributed by atoms with Crippen LogP contribution in [0.25, 0.3) is 0 Å². The third-order valence-electron chi connectivity index (χ3n) is 1.80. The van der Waals surface area contributed by atoms with E-state index in [0.717, 1.165) is 5.01 Å². The number of nitrogens with two attached hydrogens (primary N) is 1. The molecular formula is C10H11N4O3-. The molecule has 0 unspecified atom stereocenters. The van der Waals surface area contributed by atoms with Crippen molar-refractivity contribution in [2.45, 2.75) is 0 Å². The first-order chi connectivity index (χ1) is 7.99. The number of carbonyl (C=O) groups is 2. The standard InChI is InChI=1S/C10H12N4O3/c1-14(6-9(15)16)13-12-8-4-2-3-7(5-8)10(11)17/h2-5H,6H2,1H3,(H2,11,17)(H,15,16)/p-1. The Morgan fingerprint density at radius 3 is 2.76 bits per heavy atom. The van der Waals surface area contributed by atoms with Crippen LogP contribution in [0.4, 0.5) is 5.69 Å². The third-order valence-corrected chi connectivity index (χ3v) is 1.80. The summed E-state index contributed by atoms with van der Waals surface area (Å²) in [5.41, 5.74) is 5.81. The van der Waals surface area contributed by atoms with Gasteiger partial charge in [-0.05, 0) is 18.2 Å². The Morgan fingerprint density at radius 2 is 2.18 bits per heavy atom. The fourth-order valence-corrected chi connectivity index (χ4v) is 1.07. The molecule has 0 bridgehead atoms. The molecule has 0 saturated heterocycles. The first-order valence-corrected chi connectivity index (χ1v) is 4.71. The van der Waals surface area contributed by atoms with Gasteiger partial charge < -0.3 is 15.6 Å². The summed E-state index contributed by atoms with van der Waals surface area (Å²) in [5.74, 6) is -1.82. The van der Waals surface area contributed by atoms with Gasteiger partial charge in [-0.15, -0.1) is 5.11 Å². The van der Waals surface area contributed by atoms with E-state index in [9.17, 15) is 14.7 Å². The first-order valence-electron chi connectivity index (χ1n) is 4.71. The molecule has 7 nitrogen and oxygen atoms in total. The number of primary amides is 1. The molecule has 1 aromatic rings. The lowest BCUT2D eigenvalue weighted by Gasteiger charge is -2.10. The topological polar surface area (TPSA) is 111 Å². The number of carbonyl (C=O) groups excluding carboxylic acids is 2. The zero-order chi connectivity index (χ0) is 12.8. The molecule has 17 heavy (non-hydrogen) atoms. The summed E-state index contributed by atoms with van der Waals surface area (Å²) in [6, 6.07) is 6.22. The van der Waals surface area contributed by atoms with Crippen molar-refractivity contribution in [2.75, 3.05) is 13.6 Å². The van der Waals surface area contributed by atoms with Crippen molar-refractivity contribution in [1.29, 1.82) is 0 Å². The van der Waals surface area contributed by atoms with E-state index < -0.39 is 11.9 Å². The Labute approximate surface area is 97.5 Å². The van der Waals surface area contributed by atoms with E-state index >= 15 is 0 Å². The lowest BCUT2D eigenvalue weighted by Crippen LogP contribution is -2.33. The summed E-state index contributed by atoms with van der Waals surface area (Å²) in [7, 11) is 1.44. The second-order valence-electron chi connectivity index (χ2n) is 3.29. The van der Waals surface area contributed by atoms with E-state index in [2.05, 4.69) is 10.3 Å². The van der Waals surface area contributed by atoms with Crippen LogP contribution >= 0.6 is 0 Å². The normalized spacial score (nSPS) is 10.4.